The quantitative estimate of drug-likeness (QED) is 0.569. The minimum atomic E-state index is -4.32. The molecule has 7 nitrogen and oxygen atoms in total. The van der Waals surface area contributed by atoms with Gasteiger partial charge in [-0.05, 0) is 37.7 Å². The highest BCUT2D eigenvalue weighted by Crippen LogP contribution is 2.31. The lowest BCUT2D eigenvalue weighted by molar-refractivity contribution is -0.153. The Kier molecular flexibility index (Phi) is 12.3. The Bertz CT molecular complexity index is 831. The van der Waals surface area contributed by atoms with Crippen LogP contribution in [0.5, 0.6) is 5.19 Å². The number of nitrogens with zero attached hydrogens (tertiary/aromatic N) is 2. The lowest BCUT2D eigenvalue weighted by atomic mass is 10.1. The van der Waals surface area contributed by atoms with Crippen LogP contribution >= 0.6 is 11.3 Å². The summed E-state index contributed by atoms with van der Waals surface area (Å²) in [5.41, 5.74) is 7.40. The fraction of sp³-hybridized carbons (Fsp3) is 0.565. The van der Waals surface area contributed by atoms with E-state index in [2.05, 4.69) is 9.88 Å². The van der Waals surface area contributed by atoms with E-state index in [0.29, 0.717) is 19.2 Å². The van der Waals surface area contributed by atoms with Crippen molar-refractivity contribution >= 4 is 17.8 Å². The Morgan fingerprint density at radius 3 is 2.62 bits per heavy atom. The predicted molar refractivity (Wildman–Crippen MR) is 124 cm³/mol. The summed E-state index contributed by atoms with van der Waals surface area (Å²) >= 11 is 1.24. The van der Waals surface area contributed by atoms with E-state index in [1.54, 1.807) is 0 Å². The van der Waals surface area contributed by atoms with Gasteiger partial charge in [-0.3, -0.25) is 9.69 Å². The summed E-state index contributed by atoms with van der Waals surface area (Å²) in [6.07, 6.45) is 1.39. The maximum Gasteiger partial charge on any atom is 0.422 e. The van der Waals surface area contributed by atoms with Gasteiger partial charge in [0, 0.05) is 37.7 Å². The van der Waals surface area contributed by atoms with Gasteiger partial charge in [-0.15, -0.1) is 0 Å². The third-order valence-corrected chi connectivity index (χ3v) is 6.34. The van der Waals surface area contributed by atoms with Crippen LogP contribution in [0.2, 0.25) is 0 Å². The lowest BCUT2D eigenvalue weighted by Gasteiger charge is -2.29. The Balaban J connectivity index is 0.000000309. The van der Waals surface area contributed by atoms with E-state index >= 15 is 0 Å². The van der Waals surface area contributed by atoms with Crippen molar-refractivity contribution in [2.75, 3.05) is 26.3 Å². The van der Waals surface area contributed by atoms with E-state index in [1.165, 1.54) is 23.3 Å². The summed E-state index contributed by atoms with van der Waals surface area (Å²) < 4.78 is 47.1. The first-order valence-electron chi connectivity index (χ1n) is 11.2. The zero-order valence-corrected chi connectivity index (χ0v) is 19.8. The normalized spacial score (nSPS) is 17.9. The van der Waals surface area contributed by atoms with Crippen molar-refractivity contribution in [2.24, 2.45) is 5.73 Å². The number of alkyl halides is 3. The molecule has 0 spiro atoms. The van der Waals surface area contributed by atoms with E-state index in [0.717, 1.165) is 56.0 Å². The molecule has 2 aromatic rings. The van der Waals surface area contributed by atoms with Crippen LogP contribution in [0, 0.1) is 0 Å². The number of aromatic nitrogens is 1. The van der Waals surface area contributed by atoms with Gasteiger partial charge in [0.05, 0.1) is 11.8 Å². The van der Waals surface area contributed by atoms with Gasteiger partial charge in [0.25, 0.3) is 11.7 Å². The molecule has 11 heteroatoms. The summed E-state index contributed by atoms with van der Waals surface area (Å²) in [4.78, 5) is 15.9. The number of ether oxygens (including phenoxy) is 2. The van der Waals surface area contributed by atoms with Gasteiger partial charge in [0.2, 0.25) is 0 Å². The molecule has 0 unspecified atom stereocenters. The Morgan fingerprint density at radius 2 is 2.03 bits per heavy atom. The predicted octanol–water partition coefficient (Wildman–Crippen LogP) is 4.25. The molecule has 1 fully saturated rings. The van der Waals surface area contributed by atoms with Crippen LogP contribution in [-0.4, -0.2) is 60.0 Å². The average Bonchev–Trinajstić information content (AvgIpc) is 3.25. The molecule has 4 rings (SSSR count). The van der Waals surface area contributed by atoms with Crippen molar-refractivity contribution in [2.45, 2.75) is 57.5 Å². The van der Waals surface area contributed by atoms with E-state index in [4.69, 9.17) is 25.1 Å². The van der Waals surface area contributed by atoms with Crippen molar-refractivity contribution in [1.29, 1.82) is 0 Å². The number of thiazole rings is 1. The third-order valence-electron chi connectivity index (χ3n) is 5.27. The van der Waals surface area contributed by atoms with E-state index in [9.17, 15) is 13.2 Å². The Hall–Kier alpha value is -2.21. The van der Waals surface area contributed by atoms with Crippen LogP contribution in [0.4, 0.5) is 13.2 Å². The van der Waals surface area contributed by atoms with Gasteiger partial charge in [-0.25, -0.2) is 4.98 Å². The molecule has 1 saturated heterocycles. The molecule has 34 heavy (non-hydrogen) atoms. The van der Waals surface area contributed by atoms with Crippen LogP contribution in [0.3, 0.4) is 0 Å². The maximum atomic E-state index is 12.2. The number of carbonyl (C=O) groups is 1. The molecule has 0 aliphatic carbocycles. The molecule has 0 saturated carbocycles. The highest BCUT2D eigenvalue weighted by molar-refractivity contribution is 7.13. The first-order chi connectivity index (χ1) is 16.3. The van der Waals surface area contributed by atoms with Crippen molar-refractivity contribution in [3.63, 3.8) is 0 Å². The van der Waals surface area contributed by atoms with Gasteiger partial charge >= 0.3 is 6.18 Å². The summed E-state index contributed by atoms with van der Waals surface area (Å²) in [5, 5.41) is 7.02. The fourth-order valence-corrected chi connectivity index (χ4v) is 4.51. The van der Waals surface area contributed by atoms with Crippen LogP contribution in [0.15, 0.2) is 30.3 Å². The number of carboxylic acid groups (broad SMARTS) is 1. The molecule has 190 valence electrons. The number of nitrogens with two attached hydrogens (primary N) is 1. The molecule has 1 atom stereocenters. The average molecular weight is 504 g/mol. The monoisotopic (exact) mass is 503 g/mol. The van der Waals surface area contributed by atoms with Crippen molar-refractivity contribution in [3.8, 4) is 5.19 Å². The summed E-state index contributed by atoms with van der Waals surface area (Å²) in [6.45, 7) is 2.53. The first kappa shape index (κ1) is 28.0. The highest BCUT2D eigenvalue weighted by Gasteiger charge is 2.30. The Labute approximate surface area is 201 Å². The molecular weight excluding hydrogens is 471 g/mol. The first-order valence-corrected chi connectivity index (χ1v) is 12.0. The topological polar surface area (TPSA) is 97.9 Å². The number of benzene rings is 1. The van der Waals surface area contributed by atoms with Crippen molar-refractivity contribution in [3.05, 3.63) is 46.5 Å². The van der Waals surface area contributed by atoms with Gasteiger partial charge in [0.1, 0.15) is 0 Å². The fourth-order valence-electron chi connectivity index (χ4n) is 3.60. The number of halogens is 3. The number of hydrogen-bond acceptors (Lipinski definition) is 7. The number of fused-ring (bicyclic) bond motifs is 1. The van der Waals surface area contributed by atoms with E-state index in [-0.39, 0.29) is 11.7 Å². The minimum Gasteiger partial charge on any atom is -0.483 e. The van der Waals surface area contributed by atoms with Crippen LogP contribution < -0.4 is 10.5 Å². The third kappa shape index (κ3) is 10.8. The van der Waals surface area contributed by atoms with Crippen molar-refractivity contribution < 1.29 is 32.5 Å². The molecule has 2 aliphatic rings. The summed E-state index contributed by atoms with van der Waals surface area (Å²) in [7, 11) is 0. The molecule has 3 heterocycles. The molecule has 0 bridgehead atoms. The largest absolute Gasteiger partial charge is 0.483 e. The highest BCUT2D eigenvalue weighted by atomic mass is 32.1. The smallest absolute Gasteiger partial charge is 0.422 e. The molecule has 3 N–H and O–H groups in total. The molecule has 0 amide bonds. The minimum absolute atomic E-state index is 0.129. The SMILES string of the molecule is FC(F)(F)COc1nc2c(s1)CCN(CC[C@H]1CCCCO1)C2.NCc1ccccc1.O=CO. The standard InChI is InChI=1S/C15H21F3N2O2S.C7H9N.CH2O2/c16-15(17,18)10-22-14-19-12-9-20(7-5-13(12)23-14)6-4-11-3-1-2-8-21-11;8-6-7-4-2-1-3-5-7;2-1-3/h11H,1-10H2;1-5H,6,8H2;1H,(H,2,3)/t11-;;/m1../s1. The van der Waals surface area contributed by atoms with E-state index < -0.39 is 12.8 Å². The second kappa shape index (κ2) is 14.9. The number of hydrogen-bond donors (Lipinski definition) is 2. The van der Waals surface area contributed by atoms with Gasteiger partial charge < -0.3 is 20.3 Å². The molecule has 1 aromatic heterocycles. The van der Waals surface area contributed by atoms with Crippen LogP contribution in [0.1, 0.15) is 41.8 Å². The van der Waals surface area contributed by atoms with Crippen LogP contribution in [0.25, 0.3) is 0 Å². The molecule has 1 aromatic carbocycles. The van der Waals surface area contributed by atoms with Crippen molar-refractivity contribution in [1.82, 2.24) is 9.88 Å². The summed E-state index contributed by atoms with van der Waals surface area (Å²) in [6, 6.07) is 9.99. The molecular formula is C23H32F3N3O4S. The van der Waals surface area contributed by atoms with Gasteiger partial charge in [-0.2, -0.15) is 13.2 Å². The van der Waals surface area contributed by atoms with E-state index in [1.807, 2.05) is 30.3 Å². The summed E-state index contributed by atoms with van der Waals surface area (Å²) in [5.74, 6) is 0. The lowest BCUT2D eigenvalue weighted by Crippen LogP contribution is -2.33. The second-order valence-electron chi connectivity index (χ2n) is 7.85. The maximum absolute atomic E-state index is 12.2. The number of rotatable bonds is 6. The second-order valence-corrected chi connectivity index (χ2v) is 8.90. The van der Waals surface area contributed by atoms with Gasteiger partial charge in [-0.1, -0.05) is 41.7 Å². The zero-order chi connectivity index (χ0) is 24.8. The Morgan fingerprint density at radius 1 is 1.29 bits per heavy atom. The van der Waals surface area contributed by atoms with Gasteiger partial charge in [0.15, 0.2) is 6.61 Å². The molecule has 2 aliphatic heterocycles. The van der Waals surface area contributed by atoms with Crippen LogP contribution in [-0.2, 0) is 29.0 Å². The zero-order valence-electron chi connectivity index (χ0n) is 19.0. The molecule has 0 radical (unpaired) electrons.